The summed E-state index contributed by atoms with van der Waals surface area (Å²) in [5.74, 6) is 0.915. The predicted molar refractivity (Wildman–Crippen MR) is 134 cm³/mol. The molecule has 0 saturated carbocycles. The third kappa shape index (κ3) is 4.95. The van der Waals surface area contributed by atoms with Gasteiger partial charge in [-0.1, -0.05) is 17.7 Å². The number of ether oxygens (including phenoxy) is 1. The zero-order valence-electron chi connectivity index (χ0n) is 19.5. The Labute approximate surface area is 199 Å². The number of thiocarbonyl (C=S) groups is 1. The van der Waals surface area contributed by atoms with Crippen molar-refractivity contribution in [3.05, 3.63) is 52.6 Å². The minimum atomic E-state index is -0.435. The van der Waals surface area contributed by atoms with E-state index < -0.39 is 5.60 Å². The summed E-state index contributed by atoms with van der Waals surface area (Å²) in [6.07, 6.45) is 2.00. The van der Waals surface area contributed by atoms with Crippen LogP contribution in [0.25, 0.3) is 0 Å². The van der Waals surface area contributed by atoms with E-state index in [4.69, 9.17) is 17.0 Å². The summed E-state index contributed by atoms with van der Waals surface area (Å²) in [6, 6.07) is 9.27. The summed E-state index contributed by atoms with van der Waals surface area (Å²) in [6.45, 7) is 9.06. The van der Waals surface area contributed by atoms with Gasteiger partial charge in [-0.15, -0.1) is 0 Å². The number of rotatable bonds is 2. The quantitative estimate of drug-likeness (QED) is 0.455. The van der Waals surface area contributed by atoms with Crippen LogP contribution < -0.4 is 15.5 Å². The number of nitrogens with zero attached hydrogens (tertiary/aromatic N) is 2. The number of amides is 1. The number of carbonyl (C=O) groups excluding carboxylic acids is 1. The molecule has 3 N–H and O–H groups in total. The van der Waals surface area contributed by atoms with E-state index in [2.05, 4.69) is 34.9 Å². The van der Waals surface area contributed by atoms with Crippen LogP contribution in [-0.2, 0) is 4.79 Å². The first-order valence-corrected chi connectivity index (χ1v) is 11.6. The van der Waals surface area contributed by atoms with Crippen LogP contribution in [0.5, 0.6) is 11.5 Å². The van der Waals surface area contributed by atoms with Crippen molar-refractivity contribution in [3.8, 4) is 11.5 Å². The molecule has 2 aliphatic rings. The predicted octanol–water partition coefficient (Wildman–Crippen LogP) is 4.17. The molecule has 0 aliphatic carbocycles. The van der Waals surface area contributed by atoms with Crippen molar-refractivity contribution in [2.45, 2.75) is 52.6 Å². The maximum atomic E-state index is 11.8. The van der Waals surface area contributed by atoms with E-state index in [0.29, 0.717) is 30.4 Å². The maximum Gasteiger partial charge on any atom is 0.219 e. The molecule has 0 radical (unpaired) electrons. The number of hydrogen-bond acceptors (Lipinski definition) is 5. The number of hydrogen-bond donors (Lipinski definition) is 3. The van der Waals surface area contributed by atoms with Crippen molar-refractivity contribution in [1.82, 2.24) is 10.3 Å². The zero-order valence-corrected chi connectivity index (χ0v) is 20.3. The van der Waals surface area contributed by atoms with Gasteiger partial charge in [0.2, 0.25) is 5.91 Å². The number of aryl methyl sites for hydroxylation is 3. The standard InChI is InChI=1S/C25H30N4O3S/c1-15-11-16(2)23(17(3)12-15)26-24(33)28-27-21-14-25(7-9-29(10-8-25)18(4)30)32-22-6-5-19(31)13-20(21)22/h5-6,11-13,31H,7-10,14H2,1-4H3,(H2,26,28,33). The third-order valence-corrected chi connectivity index (χ3v) is 6.61. The molecule has 33 heavy (non-hydrogen) atoms. The van der Waals surface area contributed by atoms with Crippen LogP contribution in [-0.4, -0.2) is 45.4 Å². The lowest BCUT2D eigenvalue weighted by atomic mass is 9.82. The van der Waals surface area contributed by atoms with E-state index >= 15 is 0 Å². The van der Waals surface area contributed by atoms with Gasteiger partial charge in [0.1, 0.15) is 17.1 Å². The first kappa shape index (κ1) is 23.0. The Bertz CT molecular complexity index is 1110. The molecule has 174 valence electrons. The average molecular weight is 467 g/mol. The molecular weight excluding hydrogens is 436 g/mol. The zero-order chi connectivity index (χ0) is 23.8. The number of carbonyl (C=O) groups is 1. The van der Waals surface area contributed by atoms with Crippen molar-refractivity contribution in [1.29, 1.82) is 0 Å². The van der Waals surface area contributed by atoms with Crippen LogP contribution in [0.1, 0.15) is 48.4 Å². The molecule has 2 aliphatic heterocycles. The number of phenolic OH excluding ortho intramolecular Hbond substituents is 1. The molecule has 8 heteroatoms. The summed E-state index contributed by atoms with van der Waals surface area (Å²) in [4.78, 5) is 13.6. The Morgan fingerprint density at radius 1 is 1.15 bits per heavy atom. The second kappa shape index (κ2) is 9.02. The fraction of sp³-hybridized carbons (Fsp3) is 0.400. The van der Waals surface area contributed by atoms with Gasteiger partial charge in [-0.25, -0.2) is 0 Å². The molecule has 1 saturated heterocycles. The summed E-state index contributed by atoms with van der Waals surface area (Å²) in [5.41, 5.74) is 8.46. The number of hydrazone groups is 1. The number of fused-ring (bicyclic) bond motifs is 1. The number of benzene rings is 2. The monoisotopic (exact) mass is 466 g/mol. The number of likely N-dealkylation sites (tertiary alicyclic amines) is 1. The van der Waals surface area contributed by atoms with E-state index in [9.17, 15) is 9.90 Å². The molecule has 4 rings (SSSR count). The van der Waals surface area contributed by atoms with Crippen molar-refractivity contribution >= 4 is 34.6 Å². The molecule has 1 amide bonds. The van der Waals surface area contributed by atoms with Gasteiger partial charge >= 0.3 is 0 Å². The van der Waals surface area contributed by atoms with Crippen LogP contribution >= 0.6 is 12.2 Å². The lowest BCUT2D eigenvalue weighted by Gasteiger charge is -2.44. The molecule has 1 fully saturated rings. The largest absolute Gasteiger partial charge is 0.508 e. The summed E-state index contributed by atoms with van der Waals surface area (Å²) < 4.78 is 6.41. The van der Waals surface area contributed by atoms with Crippen molar-refractivity contribution in [3.63, 3.8) is 0 Å². The molecule has 2 aromatic rings. The number of nitrogens with one attached hydrogen (secondary N) is 2. The second-order valence-corrected chi connectivity index (χ2v) is 9.45. The van der Waals surface area contributed by atoms with E-state index in [1.54, 1.807) is 25.1 Å². The lowest BCUT2D eigenvalue weighted by Crippen LogP contribution is -2.52. The fourth-order valence-corrected chi connectivity index (χ4v) is 4.89. The van der Waals surface area contributed by atoms with Gasteiger partial charge in [-0.05, 0) is 62.3 Å². The number of phenols is 1. The molecule has 0 unspecified atom stereocenters. The highest BCUT2D eigenvalue weighted by Gasteiger charge is 2.42. The molecule has 2 aromatic carbocycles. The van der Waals surface area contributed by atoms with Crippen LogP contribution in [0.15, 0.2) is 35.4 Å². The van der Waals surface area contributed by atoms with E-state index in [0.717, 1.165) is 40.9 Å². The molecule has 0 atom stereocenters. The SMILES string of the molecule is CC(=O)N1CCC2(CC1)CC(=NNC(=S)Nc1c(C)cc(C)cc1C)c1cc(O)ccc1O2. The minimum absolute atomic E-state index is 0.0830. The van der Waals surface area contributed by atoms with Crippen molar-refractivity contribution in [2.24, 2.45) is 5.10 Å². The van der Waals surface area contributed by atoms with Gasteiger partial charge in [0.25, 0.3) is 0 Å². The van der Waals surface area contributed by atoms with Gasteiger partial charge in [0.05, 0.1) is 5.71 Å². The molecule has 0 aromatic heterocycles. The summed E-state index contributed by atoms with van der Waals surface area (Å²) >= 11 is 5.52. The second-order valence-electron chi connectivity index (χ2n) is 9.05. The highest BCUT2D eigenvalue weighted by atomic mass is 32.1. The van der Waals surface area contributed by atoms with Gasteiger partial charge < -0.3 is 20.1 Å². The molecule has 1 spiro atoms. The highest BCUT2D eigenvalue weighted by Crippen LogP contribution is 2.40. The minimum Gasteiger partial charge on any atom is -0.508 e. The van der Waals surface area contributed by atoms with Gasteiger partial charge in [-0.2, -0.15) is 5.10 Å². The highest BCUT2D eigenvalue weighted by molar-refractivity contribution is 7.80. The summed E-state index contributed by atoms with van der Waals surface area (Å²) in [5, 5.41) is 18.3. The van der Waals surface area contributed by atoms with E-state index in [1.807, 2.05) is 18.7 Å². The Morgan fingerprint density at radius 3 is 2.45 bits per heavy atom. The van der Waals surface area contributed by atoms with Crippen LogP contribution in [0.3, 0.4) is 0 Å². The van der Waals surface area contributed by atoms with E-state index in [1.165, 1.54) is 5.56 Å². The Hall–Kier alpha value is -3.13. The first-order chi connectivity index (χ1) is 15.7. The van der Waals surface area contributed by atoms with Gasteiger partial charge in [-0.3, -0.25) is 10.2 Å². The normalized spacial score (nSPS) is 17.9. The number of aromatic hydroxyl groups is 1. The molecule has 0 bridgehead atoms. The van der Waals surface area contributed by atoms with E-state index in [-0.39, 0.29) is 11.7 Å². The molecular formula is C25H30N4O3S. The van der Waals surface area contributed by atoms with Crippen LogP contribution in [0, 0.1) is 20.8 Å². The first-order valence-electron chi connectivity index (χ1n) is 11.2. The third-order valence-electron chi connectivity index (χ3n) is 6.42. The molecule has 7 nitrogen and oxygen atoms in total. The van der Waals surface area contributed by atoms with Crippen molar-refractivity contribution < 1.29 is 14.6 Å². The van der Waals surface area contributed by atoms with Gasteiger partial charge in [0, 0.05) is 50.5 Å². The Balaban J connectivity index is 1.56. The number of anilines is 1. The van der Waals surface area contributed by atoms with Crippen LogP contribution in [0.4, 0.5) is 5.69 Å². The fourth-order valence-electron chi connectivity index (χ4n) is 4.75. The lowest BCUT2D eigenvalue weighted by molar-refractivity contribution is -0.132. The maximum absolute atomic E-state index is 11.8. The summed E-state index contributed by atoms with van der Waals surface area (Å²) in [7, 11) is 0. The Kier molecular flexibility index (Phi) is 6.30. The molecule has 2 heterocycles. The van der Waals surface area contributed by atoms with Crippen molar-refractivity contribution in [2.75, 3.05) is 18.4 Å². The topological polar surface area (TPSA) is 86.2 Å². The number of piperidine rings is 1. The smallest absolute Gasteiger partial charge is 0.219 e. The average Bonchev–Trinajstić information content (AvgIpc) is 2.75. The Morgan fingerprint density at radius 2 is 1.82 bits per heavy atom. The van der Waals surface area contributed by atoms with Gasteiger partial charge in [0.15, 0.2) is 5.11 Å². The van der Waals surface area contributed by atoms with Crippen LogP contribution in [0.2, 0.25) is 0 Å².